The highest BCUT2D eigenvalue weighted by molar-refractivity contribution is 6.01. The quantitative estimate of drug-likeness (QED) is 0.228. The molecule has 0 radical (unpaired) electrons. The van der Waals surface area contributed by atoms with Gasteiger partial charge in [0.2, 0.25) is 17.7 Å². The van der Waals surface area contributed by atoms with Crippen LogP contribution in [0.15, 0.2) is 0 Å². The molecule has 1 aliphatic rings. The van der Waals surface area contributed by atoms with Gasteiger partial charge in [0.15, 0.2) is 0 Å². The third-order valence-electron chi connectivity index (χ3n) is 2.31. The Bertz CT molecular complexity index is 489. The summed E-state index contributed by atoms with van der Waals surface area (Å²) in [6.45, 7) is 0. The minimum Gasteiger partial charge on any atom is -0.481 e. The van der Waals surface area contributed by atoms with Gasteiger partial charge in [-0.2, -0.15) is 0 Å². The van der Waals surface area contributed by atoms with Gasteiger partial charge in [-0.1, -0.05) is 0 Å². The van der Waals surface area contributed by atoms with Crippen LogP contribution in [0.5, 0.6) is 0 Å². The second-order valence-electron chi connectivity index (χ2n) is 4.63. The molecule has 2 unspecified atom stereocenters. The zero-order chi connectivity index (χ0) is 20.2. The van der Waals surface area contributed by atoms with Crippen LogP contribution in [0.2, 0.25) is 0 Å². The van der Waals surface area contributed by atoms with E-state index in [1.165, 1.54) is 0 Å². The van der Waals surface area contributed by atoms with E-state index in [1.54, 1.807) is 0 Å². The number of rotatable bonds is 6. The third kappa shape index (κ3) is 15.6. The van der Waals surface area contributed by atoms with Crippen molar-refractivity contribution in [1.29, 1.82) is 0 Å². The molecular formula is C12H20N4O9. The highest BCUT2D eigenvalue weighted by atomic mass is 16.4. The average molecular weight is 364 g/mol. The van der Waals surface area contributed by atoms with Crippen LogP contribution in [0.4, 0.5) is 0 Å². The van der Waals surface area contributed by atoms with E-state index in [2.05, 4.69) is 11.1 Å². The normalized spacial score (nSPS) is 14.6. The molecule has 3 amide bonds. The van der Waals surface area contributed by atoms with Crippen LogP contribution in [0.25, 0.3) is 0 Å². The van der Waals surface area contributed by atoms with Crippen LogP contribution in [-0.4, -0.2) is 63.0 Å². The fraction of sp³-hybridized carbons (Fsp3) is 0.500. The molecule has 0 aliphatic carbocycles. The smallest absolute Gasteiger partial charge is 0.321 e. The van der Waals surface area contributed by atoms with E-state index < -0.39 is 42.3 Å². The zero-order valence-corrected chi connectivity index (χ0v) is 13.0. The molecule has 0 bridgehead atoms. The molecule has 1 rings (SSSR count). The lowest BCUT2D eigenvalue weighted by molar-refractivity contribution is -0.144. The zero-order valence-electron chi connectivity index (χ0n) is 13.0. The molecular weight excluding hydrogens is 344 g/mol. The molecule has 0 aromatic carbocycles. The van der Waals surface area contributed by atoms with Gasteiger partial charge in [0.25, 0.3) is 0 Å². The van der Waals surface area contributed by atoms with Crippen LogP contribution in [-0.2, 0) is 28.8 Å². The Hall–Kier alpha value is -3.06. The number of carboxylic acids is 3. The number of primary amides is 1. The number of carbonyl (C=O) groups excluding carboxylic acids is 3. The Balaban J connectivity index is 0. The summed E-state index contributed by atoms with van der Waals surface area (Å²) in [6, 6.07) is -2.45. The highest BCUT2D eigenvalue weighted by Crippen LogP contribution is 1.95. The van der Waals surface area contributed by atoms with Crippen molar-refractivity contribution in [2.24, 2.45) is 17.2 Å². The lowest BCUT2D eigenvalue weighted by Crippen LogP contribution is -2.34. The Kier molecular flexibility index (Phi) is 12.0. The van der Waals surface area contributed by atoms with E-state index in [9.17, 15) is 28.8 Å². The van der Waals surface area contributed by atoms with E-state index in [0.29, 0.717) is 12.8 Å². The first-order valence-electron chi connectivity index (χ1n) is 6.66. The molecule has 142 valence electrons. The van der Waals surface area contributed by atoms with Crippen molar-refractivity contribution in [2.45, 2.75) is 37.8 Å². The van der Waals surface area contributed by atoms with Crippen LogP contribution >= 0.6 is 0 Å². The van der Waals surface area contributed by atoms with Gasteiger partial charge >= 0.3 is 17.9 Å². The van der Waals surface area contributed by atoms with Crippen molar-refractivity contribution >= 4 is 35.6 Å². The number of hydrogen-bond donors (Lipinski definition) is 7. The topological polar surface area (TPSA) is 253 Å². The summed E-state index contributed by atoms with van der Waals surface area (Å²) in [5, 5.41) is 26.3. The molecule has 1 fully saturated rings. The average Bonchev–Trinajstić information content (AvgIpc) is 2.82. The van der Waals surface area contributed by atoms with Crippen molar-refractivity contribution in [3.05, 3.63) is 0 Å². The molecule has 0 spiro atoms. The molecule has 1 saturated heterocycles. The van der Waals surface area contributed by atoms with E-state index in [4.69, 9.17) is 26.8 Å². The minimum absolute atomic E-state index is 0.148. The summed E-state index contributed by atoms with van der Waals surface area (Å²) >= 11 is 0. The van der Waals surface area contributed by atoms with Gasteiger partial charge in [-0.05, 0) is 0 Å². The summed E-state index contributed by atoms with van der Waals surface area (Å²) in [5.74, 6) is -4.71. The number of imide groups is 1. The maximum absolute atomic E-state index is 10.1. The van der Waals surface area contributed by atoms with Gasteiger partial charge in [0.05, 0.1) is 12.8 Å². The molecule has 13 nitrogen and oxygen atoms in total. The maximum atomic E-state index is 10.1. The number of carbonyl (C=O) groups is 6. The van der Waals surface area contributed by atoms with Gasteiger partial charge < -0.3 is 32.5 Å². The summed E-state index contributed by atoms with van der Waals surface area (Å²) in [7, 11) is 0. The molecule has 0 aromatic rings. The Morgan fingerprint density at radius 2 is 1.24 bits per heavy atom. The number of aliphatic carboxylic acids is 3. The monoisotopic (exact) mass is 364 g/mol. The van der Waals surface area contributed by atoms with Gasteiger partial charge in [0, 0.05) is 12.8 Å². The van der Waals surface area contributed by atoms with Crippen molar-refractivity contribution in [3.63, 3.8) is 0 Å². The Morgan fingerprint density at radius 3 is 1.36 bits per heavy atom. The van der Waals surface area contributed by atoms with Crippen molar-refractivity contribution in [2.75, 3.05) is 0 Å². The Morgan fingerprint density at radius 1 is 0.880 bits per heavy atom. The number of carboxylic acid groups (broad SMARTS) is 3. The van der Waals surface area contributed by atoms with E-state index in [0.717, 1.165) is 0 Å². The SMILES string of the molecule is NC(=O)CC(N)C(=O)O.NC(CC(=O)O)C(=O)O.O=C1CCC(=O)N1. The predicted molar refractivity (Wildman–Crippen MR) is 79.7 cm³/mol. The van der Waals surface area contributed by atoms with Crippen molar-refractivity contribution in [1.82, 2.24) is 5.32 Å². The first-order chi connectivity index (χ1) is 11.4. The second kappa shape index (κ2) is 12.4. The minimum atomic E-state index is -1.29. The number of nitrogens with two attached hydrogens (primary N) is 3. The van der Waals surface area contributed by atoms with Gasteiger partial charge in [-0.25, -0.2) is 0 Å². The lowest BCUT2D eigenvalue weighted by Gasteiger charge is -1.99. The second-order valence-corrected chi connectivity index (χ2v) is 4.63. The molecule has 2 atom stereocenters. The fourth-order valence-corrected chi connectivity index (χ4v) is 1.09. The molecule has 13 heteroatoms. The van der Waals surface area contributed by atoms with Crippen LogP contribution in [0.3, 0.4) is 0 Å². The summed E-state index contributed by atoms with van der Waals surface area (Å²) in [5.41, 5.74) is 14.4. The van der Waals surface area contributed by atoms with Gasteiger partial charge in [0.1, 0.15) is 12.1 Å². The number of hydrogen-bond acceptors (Lipinski definition) is 8. The third-order valence-corrected chi connectivity index (χ3v) is 2.31. The standard InChI is InChI=1S/C4H8N2O3.C4H7NO4.C4H5NO2/c2*5-2(4(8)9)1-3(6)7;6-3-1-2-4(7)5-3/h2H,1,5H2,(H2,6,7)(H,8,9);2H,1,5H2,(H,6,7)(H,8,9);1-2H2,(H,5,6,7). The summed E-state index contributed by atoms with van der Waals surface area (Å²) in [4.78, 5) is 59.8. The molecule has 25 heavy (non-hydrogen) atoms. The van der Waals surface area contributed by atoms with Crippen LogP contribution in [0, 0.1) is 0 Å². The fourth-order valence-electron chi connectivity index (χ4n) is 1.09. The van der Waals surface area contributed by atoms with Crippen molar-refractivity contribution in [3.8, 4) is 0 Å². The largest absolute Gasteiger partial charge is 0.481 e. The van der Waals surface area contributed by atoms with Gasteiger partial charge in [-0.3, -0.25) is 34.1 Å². The molecule has 1 aliphatic heterocycles. The first kappa shape index (κ1) is 24.2. The predicted octanol–water partition coefficient (Wildman–Crippen LogP) is -3.43. The lowest BCUT2D eigenvalue weighted by atomic mass is 10.2. The molecule has 10 N–H and O–H groups in total. The van der Waals surface area contributed by atoms with Gasteiger partial charge in [-0.15, -0.1) is 0 Å². The number of nitrogens with one attached hydrogen (secondary N) is 1. The maximum Gasteiger partial charge on any atom is 0.321 e. The summed E-state index contributed by atoms with van der Waals surface area (Å²) < 4.78 is 0. The highest BCUT2D eigenvalue weighted by Gasteiger charge is 2.16. The van der Waals surface area contributed by atoms with E-state index in [1.807, 2.05) is 0 Å². The molecule has 0 aromatic heterocycles. The van der Waals surface area contributed by atoms with Crippen LogP contribution < -0.4 is 22.5 Å². The van der Waals surface area contributed by atoms with Crippen molar-refractivity contribution < 1.29 is 44.1 Å². The molecule has 1 heterocycles. The number of amides is 3. The van der Waals surface area contributed by atoms with Crippen LogP contribution in [0.1, 0.15) is 25.7 Å². The van der Waals surface area contributed by atoms with E-state index in [-0.39, 0.29) is 18.2 Å². The van der Waals surface area contributed by atoms with E-state index >= 15 is 0 Å². The molecule has 0 saturated carbocycles. The Labute approximate surface area is 141 Å². The first-order valence-corrected chi connectivity index (χ1v) is 6.66. The summed E-state index contributed by atoms with van der Waals surface area (Å²) in [6.07, 6.45) is -0.0949.